The van der Waals surface area contributed by atoms with Gasteiger partial charge in [0.15, 0.2) is 0 Å². The molecule has 4 aliphatic carbocycles. The number of aliphatic hydroxyl groups is 1. The SMILES string of the molecule is CC12CC3CC(C1)CC(C(O)Cc1ccncc1)(C3)C2. The summed E-state index contributed by atoms with van der Waals surface area (Å²) in [5.41, 5.74) is 1.96. The molecule has 0 spiro atoms. The van der Waals surface area contributed by atoms with Crippen molar-refractivity contribution in [1.82, 2.24) is 4.98 Å². The Balaban J connectivity index is 1.58. The number of aromatic nitrogens is 1. The Bertz CT molecular complexity index is 483. The zero-order valence-electron chi connectivity index (χ0n) is 12.4. The minimum Gasteiger partial charge on any atom is -0.392 e. The van der Waals surface area contributed by atoms with Gasteiger partial charge in [0.1, 0.15) is 0 Å². The van der Waals surface area contributed by atoms with E-state index in [0.717, 1.165) is 18.3 Å². The molecule has 1 N–H and O–H groups in total. The smallest absolute Gasteiger partial charge is 0.0637 e. The Morgan fingerprint density at radius 1 is 1.20 bits per heavy atom. The third-order valence-electron chi connectivity index (χ3n) is 6.28. The number of rotatable bonds is 3. The van der Waals surface area contributed by atoms with Gasteiger partial charge >= 0.3 is 0 Å². The van der Waals surface area contributed by atoms with Crippen LogP contribution in [0.3, 0.4) is 0 Å². The lowest BCUT2D eigenvalue weighted by atomic mass is 9.43. The highest BCUT2D eigenvalue weighted by molar-refractivity contribution is 5.15. The lowest BCUT2D eigenvalue weighted by Crippen LogP contribution is -2.55. The van der Waals surface area contributed by atoms with E-state index in [0.29, 0.717) is 5.41 Å². The van der Waals surface area contributed by atoms with Crippen LogP contribution in [0.25, 0.3) is 0 Å². The second-order valence-corrected chi connectivity index (χ2v) is 8.21. The standard InChI is InChI=1S/C18H25NO/c1-17-8-14-6-15(9-17)11-18(10-14,12-17)16(20)7-13-2-4-19-5-3-13/h2-5,14-16,20H,6-12H2,1H3. The molecule has 0 amide bonds. The molecule has 0 aromatic carbocycles. The Hall–Kier alpha value is -0.890. The molecule has 2 nitrogen and oxygen atoms in total. The van der Waals surface area contributed by atoms with Crippen molar-refractivity contribution in [3.8, 4) is 0 Å². The topological polar surface area (TPSA) is 33.1 Å². The maximum Gasteiger partial charge on any atom is 0.0637 e. The first kappa shape index (κ1) is 12.8. The molecular weight excluding hydrogens is 246 g/mol. The molecule has 108 valence electrons. The van der Waals surface area contributed by atoms with Gasteiger partial charge in [0, 0.05) is 12.4 Å². The summed E-state index contributed by atoms with van der Waals surface area (Å²) >= 11 is 0. The van der Waals surface area contributed by atoms with Crippen LogP contribution in [0.4, 0.5) is 0 Å². The van der Waals surface area contributed by atoms with Gasteiger partial charge in [-0.2, -0.15) is 0 Å². The van der Waals surface area contributed by atoms with E-state index in [1.807, 2.05) is 24.5 Å². The summed E-state index contributed by atoms with van der Waals surface area (Å²) < 4.78 is 0. The largest absolute Gasteiger partial charge is 0.392 e. The molecule has 4 saturated carbocycles. The van der Waals surface area contributed by atoms with Crippen LogP contribution in [0.1, 0.15) is 51.0 Å². The van der Waals surface area contributed by atoms with E-state index >= 15 is 0 Å². The first-order valence-electron chi connectivity index (χ1n) is 8.14. The van der Waals surface area contributed by atoms with E-state index in [9.17, 15) is 5.11 Å². The van der Waals surface area contributed by atoms with Gasteiger partial charge in [-0.05, 0) is 85.3 Å². The summed E-state index contributed by atoms with van der Waals surface area (Å²) in [6.07, 6.45) is 12.3. The molecular formula is C18H25NO. The van der Waals surface area contributed by atoms with Crippen molar-refractivity contribution in [1.29, 1.82) is 0 Å². The molecule has 4 bridgehead atoms. The predicted molar refractivity (Wildman–Crippen MR) is 79.2 cm³/mol. The lowest BCUT2D eigenvalue weighted by Gasteiger charge is -2.62. The van der Waals surface area contributed by atoms with E-state index in [1.54, 1.807) is 0 Å². The summed E-state index contributed by atoms with van der Waals surface area (Å²) in [5.74, 6) is 1.77. The maximum absolute atomic E-state index is 11.0. The number of aliphatic hydroxyl groups excluding tert-OH is 1. The van der Waals surface area contributed by atoms with Gasteiger partial charge in [-0.25, -0.2) is 0 Å². The third-order valence-corrected chi connectivity index (χ3v) is 6.28. The zero-order chi connectivity index (χ0) is 13.8. The Labute approximate surface area is 121 Å². The molecule has 5 rings (SSSR count). The van der Waals surface area contributed by atoms with Crippen molar-refractivity contribution in [2.45, 2.75) is 58.0 Å². The van der Waals surface area contributed by atoms with Gasteiger partial charge < -0.3 is 5.11 Å². The Kier molecular flexibility index (Phi) is 2.76. The molecule has 1 aromatic rings. The van der Waals surface area contributed by atoms with Crippen molar-refractivity contribution in [2.24, 2.45) is 22.7 Å². The molecule has 2 heteroatoms. The highest BCUT2D eigenvalue weighted by Gasteiger charge is 2.57. The normalized spacial score (nSPS) is 43.7. The molecule has 4 fully saturated rings. The first-order valence-corrected chi connectivity index (χ1v) is 8.14. The summed E-state index contributed by atoms with van der Waals surface area (Å²) in [6, 6.07) is 4.09. The van der Waals surface area contributed by atoms with Gasteiger partial charge in [0.2, 0.25) is 0 Å². The summed E-state index contributed by atoms with van der Waals surface area (Å²) in [4.78, 5) is 4.07. The maximum atomic E-state index is 11.0. The number of hydrogen-bond donors (Lipinski definition) is 1. The number of pyridine rings is 1. The molecule has 20 heavy (non-hydrogen) atoms. The van der Waals surface area contributed by atoms with E-state index in [4.69, 9.17) is 0 Å². The van der Waals surface area contributed by atoms with Crippen molar-refractivity contribution in [2.75, 3.05) is 0 Å². The average molecular weight is 271 g/mol. The van der Waals surface area contributed by atoms with Crippen molar-refractivity contribution >= 4 is 0 Å². The predicted octanol–water partition coefficient (Wildman–Crippen LogP) is 3.59. The fourth-order valence-electron chi connectivity index (χ4n) is 6.15. The van der Waals surface area contributed by atoms with Gasteiger partial charge in [0.05, 0.1) is 6.10 Å². The van der Waals surface area contributed by atoms with Gasteiger partial charge in [0.25, 0.3) is 0 Å². The minimum absolute atomic E-state index is 0.171. The van der Waals surface area contributed by atoms with Crippen molar-refractivity contribution < 1.29 is 5.11 Å². The third kappa shape index (κ3) is 2.00. The van der Waals surface area contributed by atoms with E-state index in [-0.39, 0.29) is 11.5 Å². The van der Waals surface area contributed by atoms with Crippen LogP contribution in [0, 0.1) is 22.7 Å². The zero-order valence-corrected chi connectivity index (χ0v) is 12.4. The second-order valence-electron chi connectivity index (χ2n) is 8.21. The highest BCUT2D eigenvalue weighted by Crippen LogP contribution is 2.66. The van der Waals surface area contributed by atoms with Crippen LogP contribution >= 0.6 is 0 Å². The second kappa shape index (κ2) is 4.30. The molecule has 3 atom stereocenters. The van der Waals surface area contributed by atoms with E-state index in [2.05, 4.69) is 11.9 Å². The number of hydrogen-bond acceptors (Lipinski definition) is 2. The Morgan fingerprint density at radius 3 is 2.45 bits per heavy atom. The quantitative estimate of drug-likeness (QED) is 0.911. The molecule has 0 radical (unpaired) electrons. The van der Waals surface area contributed by atoms with Crippen LogP contribution in [0.15, 0.2) is 24.5 Å². The molecule has 3 unspecified atom stereocenters. The molecule has 1 heterocycles. The highest BCUT2D eigenvalue weighted by atomic mass is 16.3. The fourth-order valence-corrected chi connectivity index (χ4v) is 6.15. The van der Waals surface area contributed by atoms with Crippen LogP contribution in [0.2, 0.25) is 0 Å². The monoisotopic (exact) mass is 271 g/mol. The van der Waals surface area contributed by atoms with Crippen LogP contribution in [-0.2, 0) is 6.42 Å². The van der Waals surface area contributed by atoms with E-state index in [1.165, 1.54) is 44.1 Å². The van der Waals surface area contributed by atoms with Crippen LogP contribution < -0.4 is 0 Å². The summed E-state index contributed by atoms with van der Waals surface area (Å²) in [5, 5.41) is 11.0. The summed E-state index contributed by atoms with van der Waals surface area (Å²) in [7, 11) is 0. The fraction of sp³-hybridized carbons (Fsp3) is 0.722. The molecule has 0 saturated heterocycles. The number of nitrogens with zero attached hydrogens (tertiary/aromatic N) is 1. The van der Waals surface area contributed by atoms with Gasteiger partial charge in [-0.3, -0.25) is 4.98 Å². The first-order chi connectivity index (χ1) is 9.57. The lowest BCUT2D eigenvalue weighted by molar-refractivity contribution is -0.152. The van der Waals surface area contributed by atoms with E-state index < -0.39 is 0 Å². The molecule has 0 aliphatic heterocycles. The minimum atomic E-state index is -0.171. The molecule has 4 aliphatic rings. The van der Waals surface area contributed by atoms with Crippen LogP contribution in [-0.4, -0.2) is 16.2 Å². The average Bonchev–Trinajstić information content (AvgIpc) is 2.37. The molecule has 1 aromatic heterocycles. The Morgan fingerprint density at radius 2 is 1.85 bits per heavy atom. The summed E-state index contributed by atoms with van der Waals surface area (Å²) in [6.45, 7) is 2.47. The van der Waals surface area contributed by atoms with Gasteiger partial charge in [-0.1, -0.05) is 6.92 Å². The van der Waals surface area contributed by atoms with Crippen LogP contribution in [0.5, 0.6) is 0 Å². The van der Waals surface area contributed by atoms with Crippen molar-refractivity contribution in [3.63, 3.8) is 0 Å². The van der Waals surface area contributed by atoms with Gasteiger partial charge in [-0.15, -0.1) is 0 Å². The van der Waals surface area contributed by atoms with Crippen molar-refractivity contribution in [3.05, 3.63) is 30.1 Å².